The fraction of sp³-hybridized carbons (Fsp3) is 0.111. The molecule has 208 valence electrons. The van der Waals surface area contributed by atoms with Crippen LogP contribution < -0.4 is 10.0 Å². The molecule has 0 spiro atoms. The van der Waals surface area contributed by atoms with Crippen LogP contribution in [0.2, 0.25) is 10.0 Å². The molecule has 2 N–H and O–H groups in total. The summed E-state index contributed by atoms with van der Waals surface area (Å²) in [5.74, 6) is -1.03. The van der Waals surface area contributed by atoms with Crippen LogP contribution in [0.1, 0.15) is 12.8 Å². The minimum absolute atomic E-state index is 0.00682. The first-order valence-electron chi connectivity index (χ1n) is 12.2. The van der Waals surface area contributed by atoms with Crippen LogP contribution in [0.15, 0.2) is 72.0 Å². The smallest absolute Gasteiger partial charge is 0.264 e. The van der Waals surface area contributed by atoms with Gasteiger partial charge in [-0.25, -0.2) is 32.2 Å². The van der Waals surface area contributed by atoms with Gasteiger partial charge in [-0.2, -0.15) is 0 Å². The van der Waals surface area contributed by atoms with E-state index in [1.807, 2.05) is 0 Å². The first-order chi connectivity index (χ1) is 19.7. The highest BCUT2D eigenvalue weighted by Gasteiger charge is 2.27. The third kappa shape index (κ3) is 5.73. The van der Waals surface area contributed by atoms with Gasteiger partial charge in [-0.3, -0.25) is 9.71 Å². The average molecular weight is 632 g/mol. The zero-order valence-corrected chi connectivity index (χ0v) is 23.9. The molecule has 3 heterocycles. The fourth-order valence-electron chi connectivity index (χ4n) is 4.02. The Morgan fingerprint density at radius 3 is 2.46 bits per heavy atom. The molecule has 0 unspecified atom stereocenters. The molecular weight excluding hydrogens is 613 g/mol. The third-order valence-corrected chi connectivity index (χ3v) is 9.51. The van der Waals surface area contributed by atoms with E-state index in [9.17, 15) is 12.8 Å². The van der Waals surface area contributed by atoms with Crippen molar-refractivity contribution in [2.24, 2.45) is 0 Å². The second-order valence-corrected chi connectivity index (χ2v) is 12.5. The predicted molar refractivity (Wildman–Crippen MR) is 156 cm³/mol. The molecule has 1 aliphatic carbocycles. The number of nitrogens with zero attached hydrogens (tertiary/aromatic N) is 4. The van der Waals surface area contributed by atoms with Crippen molar-refractivity contribution in [2.75, 3.05) is 10.0 Å². The number of nitrogens with one attached hydrogen (secondary N) is 2. The maximum absolute atomic E-state index is 16.1. The van der Waals surface area contributed by atoms with Gasteiger partial charge in [0.25, 0.3) is 10.0 Å². The Morgan fingerprint density at radius 1 is 0.976 bits per heavy atom. The SMILES string of the molecule is O=S(=O)(Nc1cccc(-c2nc(-c3cncc(F)c3)sc2-c2ccnc(NC3CC3)n2)c1F)c1c(Cl)cccc1Cl. The van der Waals surface area contributed by atoms with Crippen molar-refractivity contribution in [3.63, 3.8) is 0 Å². The molecule has 3 aromatic heterocycles. The Labute approximate surface area is 247 Å². The molecule has 6 rings (SSSR count). The zero-order valence-electron chi connectivity index (χ0n) is 20.8. The number of benzene rings is 2. The van der Waals surface area contributed by atoms with Gasteiger partial charge in [-0.05, 0) is 49.2 Å². The van der Waals surface area contributed by atoms with Gasteiger partial charge in [0.15, 0.2) is 5.82 Å². The molecule has 8 nitrogen and oxygen atoms in total. The summed E-state index contributed by atoms with van der Waals surface area (Å²) in [6.45, 7) is 0. The molecule has 1 fully saturated rings. The average Bonchev–Trinajstić information content (AvgIpc) is 3.63. The Bertz CT molecular complexity index is 1880. The lowest BCUT2D eigenvalue weighted by molar-refractivity contribution is 0.599. The third-order valence-electron chi connectivity index (χ3n) is 6.06. The Hall–Kier alpha value is -3.71. The topological polar surface area (TPSA) is 110 Å². The summed E-state index contributed by atoms with van der Waals surface area (Å²) in [6, 6.07) is 11.7. The van der Waals surface area contributed by atoms with E-state index in [0.29, 0.717) is 33.1 Å². The minimum Gasteiger partial charge on any atom is -0.351 e. The van der Waals surface area contributed by atoms with Crippen molar-refractivity contribution in [3.8, 4) is 32.4 Å². The maximum atomic E-state index is 16.1. The van der Waals surface area contributed by atoms with Crippen LogP contribution in [0.5, 0.6) is 0 Å². The number of hydrogen-bond acceptors (Lipinski definition) is 8. The van der Waals surface area contributed by atoms with Gasteiger partial charge in [0, 0.05) is 29.6 Å². The Kier molecular flexibility index (Phi) is 7.32. The van der Waals surface area contributed by atoms with Crippen molar-refractivity contribution in [1.82, 2.24) is 19.9 Å². The summed E-state index contributed by atoms with van der Waals surface area (Å²) in [7, 11) is -4.36. The first-order valence-corrected chi connectivity index (χ1v) is 15.2. The number of anilines is 2. The van der Waals surface area contributed by atoms with E-state index in [-0.39, 0.29) is 31.9 Å². The number of sulfonamides is 1. The van der Waals surface area contributed by atoms with E-state index in [0.717, 1.165) is 30.4 Å². The summed E-state index contributed by atoms with van der Waals surface area (Å²) >= 11 is 13.4. The normalized spacial score (nSPS) is 13.3. The quantitative estimate of drug-likeness (QED) is 0.185. The van der Waals surface area contributed by atoms with Crippen molar-refractivity contribution in [3.05, 3.63) is 88.8 Å². The van der Waals surface area contributed by atoms with Gasteiger partial charge in [0.1, 0.15) is 15.7 Å². The second-order valence-electron chi connectivity index (χ2n) is 9.10. The molecule has 0 atom stereocenters. The number of halogens is 4. The van der Waals surface area contributed by atoms with Gasteiger partial charge in [0.05, 0.1) is 38.2 Å². The highest BCUT2D eigenvalue weighted by molar-refractivity contribution is 7.93. The molecule has 1 saturated carbocycles. The largest absolute Gasteiger partial charge is 0.351 e. The second kappa shape index (κ2) is 10.9. The molecule has 0 saturated heterocycles. The van der Waals surface area contributed by atoms with E-state index >= 15 is 4.39 Å². The first kappa shape index (κ1) is 27.5. The Morgan fingerprint density at radius 2 is 1.73 bits per heavy atom. The van der Waals surface area contributed by atoms with Gasteiger partial charge >= 0.3 is 0 Å². The van der Waals surface area contributed by atoms with Crippen LogP contribution in [0, 0.1) is 11.6 Å². The predicted octanol–water partition coefficient (Wildman–Crippen LogP) is 7.29. The van der Waals surface area contributed by atoms with Gasteiger partial charge in [-0.1, -0.05) is 35.3 Å². The lowest BCUT2D eigenvalue weighted by atomic mass is 10.1. The summed E-state index contributed by atoms with van der Waals surface area (Å²) in [4.78, 5) is 17.5. The summed E-state index contributed by atoms with van der Waals surface area (Å²) in [6.07, 6.45) is 6.13. The van der Waals surface area contributed by atoms with Crippen LogP contribution in [0.25, 0.3) is 32.4 Å². The highest BCUT2D eigenvalue weighted by Crippen LogP contribution is 2.42. The summed E-state index contributed by atoms with van der Waals surface area (Å²) in [5, 5.41) is 3.37. The number of thiazole rings is 1. The van der Waals surface area contributed by atoms with Crippen LogP contribution in [-0.2, 0) is 10.0 Å². The maximum Gasteiger partial charge on any atom is 0.264 e. The molecule has 0 amide bonds. The molecule has 0 aliphatic heterocycles. The van der Waals surface area contributed by atoms with E-state index in [2.05, 4.69) is 30.0 Å². The molecule has 5 aromatic rings. The lowest BCUT2D eigenvalue weighted by Gasteiger charge is -2.13. The van der Waals surface area contributed by atoms with Gasteiger partial charge in [0.2, 0.25) is 5.95 Å². The summed E-state index contributed by atoms with van der Waals surface area (Å²) < 4.78 is 58.6. The van der Waals surface area contributed by atoms with Crippen molar-refractivity contribution >= 4 is 56.2 Å². The number of pyridine rings is 1. The number of hydrogen-bond donors (Lipinski definition) is 2. The van der Waals surface area contributed by atoms with Crippen LogP contribution in [0.3, 0.4) is 0 Å². The monoisotopic (exact) mass is 630 g/mol. The van der Waals surface area contributed by atoms with Crippen molar-refractivity contribution < 1.29 is 17.2 Å². The van der Waals surface area contributed by atoms with E-state index in [4.69, 9.17) is 23.2 Å². The Balaban J connectivity index is 1.46. The molecule has 1 aliphatic rings. The number of aromatic nitrogens is 4. The fourth-order valence-corrected chi connectivity index (χ4v) is 7.26. The molecule has 0 radical (unpaired) electrons. The van der Waals surface area contributed by atoms with Crippen LogP contribution in [-0.4, -0.2) is 34.4 Å². The molecular formula is C27H18Cl2F2N6O2S2. The summed E-state index contributed by atoms with van der Waals surface area (Å²) in [5.41, 5.74) is 0.676. The van der Waals surface area contributed by atoms with E-state index in [1.165, 1.54) is 48.7 Å². The van der Waals surface area contributed by atoms with E-state index in [1.54, 1.807) is 12.3 Å². The lowest BCUT2D eigenvalue weighted by Crippen LogP contribution is -2.15. The van der Waals surface area contributed by atoms with Gasteiger partial charge in [-0.15, -0.1) is 11.3 Å². The van der Waals surface area contributed by atoms with Crippen molar-refractivity contribution in [1.29, 1.82) is 0 Å². The molecule has 14 heteroatoms. The van der Waals surface area contributed by atoms with Crippen LogP contribution in [0.4, 0.5) is 20.4 Å². The highest BCUT2D eigenvalue weighted by atomic mass is 35.5. The van der Waals surface area contributed by atoms with Gasteiger partial charge < -0.3 is 5.32 Å². The van der Waals surface area contributed by atoms with Crippen molar-refractivity contribution in [2.45, 2.75) is 23.8 Å². The molecule has 0 bridgehead atoms. The van der Waals surface area contributed by atoms with E-state index < -0.39 is 21.7 Å². The molecule has 41 heavy (non-hydrogen) atoms. The number of rotatable bonds is 8. The molecule has 2 aromatic carbocycles. The minimum atomic E-state index is -4.36. The standard InChI is InChI=1S/C27H18Cl2F2N6O2S2/c28-18-4-2-5-19(29)25(18)41(38,39)37-20-6-1-3-17(22(20)31)23-24(21-9-10-33-27(35-21)34-16-7-8-16)40-26(36-23)14-11-15(30)13-32-12-14/h1-6,9-13,16,37H,7-8H2,(H,33,34,35). The zero-order chi connectivity index (χ0) is 28.7. The van der Waals surface area contributed by atoms with Crippen LogP contribution >= 0.6 is 34.5 Å².